The number of para-hydroxylation sites is 1. The molecule has 0 spiro atoms. The van der Waals surface area contributed by atoms with E-state index in [1.807, 2.05) is 24.3 Å². The van der Waals surface area contributed by atoms with Crippen molar-refractivity contribution in [2.45, 2.75) is 0 Å². The van der Waals surface area contributed by atoms with Crippen LogP contribution < -0.4 is 5.32 Å². The third kappa shape index (κ3) is 2.34. The zero-order valence-electron chi connectivity index (χ0n) is 11.2. The maximum atomic E-state index is 12.3. The minimum absolute atomic E-state index is 0.233. The lowest BCUT2D eigenvalue weighted by Crippen LogP contribution is -2.10. The molecule has 2 aromatic carbocycles. The summed E-state index contributed by atoms with van der Waals surface area (Å²) in [4.78, 5) is 16.6. The molecular formula is C16H9ClN2O2S. The van der Waals surface area contributed by atoms with Crippen molar-refractivity contribution in [1.82, 2.24) is 4.98 Å². The summed E-state index contributed by atoms with van der Waals surface area (Å²) in [5.74, 6) is -0.0945. The van der Waals surface area contributed by atoms with Crippen LogP contribution in [-0.2, 0) is 0 Å². The number of nitrogens with zero attached hydrogens (tertiary/aromatic N) is 1. The number of carbonyl (C=O) groups excluding carboxylic acids is 1. The van der Waals surface area contributed by atoms with Crippen LogP contribution in [0.3, 0.4) is 0 Å². The number of carbonyl (C=O) groups is 1. The summed E-state index contributed by atoms with van der Waals surface area (Å²) >= 11 is 7.36. The van der Waals surface area contributed by atoms with Crippen molar-refractivity contribution in [2.24, 2.45) is 0 Å². The first-order valence-corrected chi connectivity index (χ1v) is 7.74. The molecule has 22 heavy (non-hydrogen) atoms. The van der Waals surface area contributed by atoms with Crippen molar-refractivity contribution >= 4 is 55.2 Å². The predicted octanol–water partition coefficient (Wildman–Crippen LogP) is 4.95. The van der Waals surface area contributed by atoms with Crippen LogP contribution >= 0.6 is 22.9 Å². The number of halogens is 1. The first-order valence-electron chi connectivity index (χ1n) is 6.55. The van der Waals surface area contributed by atoms with Gasteiger partial charge in [-0.15, -0.1) is 0 Å². The summed E-state index contributed by atoms with van der Waals surface area (Å²) in [5.41, 5.74) is 1.48. The number of nitrogens with one attached hydrogen (secondary N) is 1. The van der Waals surface area contributed by atoms with E-state index in [0.29, 0.717) is 15.7 Å². The Morgan fingerprint density at radius 1 is 1.18 bits per heavy atom. The average molecular weight is 329 g/mol. The summed E-state index contributed by atoms with van der Waals surface area (Å²) in [6.07, 6.45) is 0. The lowest BCUT2D eigenvalue weighted by Gasteiger charge is -1.96. The van der Waals surface area contributed by atoms with Gasteiger partial charge in [0.05, 0.1) is 10.2 Å². The summed E-state index contributed by atoms with van der Waals surface area (Å²) in [6.45, 7) is 0. The van der Waals surface area contributed by atoms with Crippen LogP contribution in [0.15, 0.2) is 52.9 Å². The monoisotopic (exact) mass is 328 g/mol. The SMILES string of the molecule is O=C(Nc1nc2ccccc2s1)c1cc2cc(Cl)ccc2o1. The Kier molecular flexibility index (Phi) is 3.10. The smallest absolute Gasteiger partial charge is 0.293 e. The van der Waals surface area contributed by atoms with Gasteiger partial charge >= 0.3 is 0 Å². The highest BCUT2D eigenvalue weighted by atomic mass is 35.5. The van der Waals surface area contributed by atoms with Crippen LogP contribution in [0.4, 0.5) is 5.13 Å². The molecular weight excluding hydrogens is 320 g/mol. The van der Waals surface area contributed by atoms with Gasteiger partial charge in [-0.05, 0) is 36.4 Å². The van der Waals surface area contributed by atoms with E-state index >= 15 is 0 Å². The van der Waals surface area contributed by atoms with Gasteiger partial charge in [0.25, 0.3) is 5.91 Å². The van der Waals surface area contributed by atoms with E-state index in [9.17, 15) is 4.79 Å². The van der Waals surface area contributed by atoms with Crippen LogP contribution in [0.5, 0.6) is 0 Å². The van der Waals surface area contributed by atoms with Gasteiger partial charge in [-0.3, -0.25) is 10.1 Å². The number of aromatic nitrogens is 1. The van der Waals surface area contributed by atoms with Crippen LogP contribution in [0.2, 0.25) is 5.02 Å². The molecule has 4 rings (SSSR count). The molecule has 0 saturated carbocycles. The molecule has 0 aliphatic carbocycles. The summed E-state index contributed by atoms with van der Waals surface area (Å²) < 4.78 is 6.56. The second-order valence-corrected chi connectivity index (χ2v) is 6.20. The summed E-state index contributed by atoms with van der Waals surface area (Å²) in [5, 5.41) is 4.71. The summed E-state index contributed by atoms with van der Waals surface area (Å²) in [7, 11) is 0. The molecule has 0 bridgehead atoms. The molecule has 6 heteroatoms. The number of amides is 1. The fourth-order valence-corrected chi connectivity index (χ4v) is 3.25. The number of fused-ring (bicyclic) bond motifs is 2. The zero-order valence-corrected chi connectivity index (χ0v) is 12.7. The van der Waals surface area contributed by atoms with Gasteiger partial charge in [-0.2, -0.15) is 0 Å². The topological polar surface area (TPSA) is 55.1 Å². The van der Waals surface area contributed by atoms with Crippen molar-refractivity contribution in [2.75, 3.05) is 5.32 Å². The summed E-state index contributed by atoms with van der Waals surface area (Å²) in [6, 6.07) is 14.6. The largest absolute Gasteiger partial charge is 0.451 e. The minimum atomic E-state index is -0.327. The first-order chi connectivity index (χ1) is 10.7. The second kappa shape index (κ2) is 5.12. The molecule has 0 saturated heterocycles. The molecule has 4 aromatic rings. The number of anilines is 1. The van der Waals surface area contributed by atoms with E-state index in [1.54, 1.807) is 24.3 Å². The van der Waals surface area contributed by atoms with Crippen molar-refractivity contribution in [3.63, 3.8) is 0 Å². The lowest BCUT2D eigenvalue weighted by atomic mass is 10.2. The van der Waals surface area contributed by atoms with E-state index in [1.165, 1.54) is 11.3 Å². The van der Waals surface area contributed by atoms with Gasteiger partial charge < -0.3 is 4.42 Å². The van der Waals surface area contributed by atoms with Gasteiger partial charge in [-0.25, -0.2) is 4.98 Å². The number of rotatable bonds is 2. The van der Waals surface area contributed by atoms with E-state index in [-0.39, 0.29) is 11.7 Å². The second-order valence-electron chi connectivity index (χ2n) is 4.73. The minimum Gasteiger partial charge on any atom is -0.451 e. The molecule has 0 fully saturated rings. The Morgan fingerprint density at radius 3 is 2.91 bits per heavy atom. The van der Waals surface area contributed by atoms with Crippen LogP contribution in [-0.4, -0.2) is 10.9 Å². The van der Waals surface area contributed by atoms with Crippen molar-refractivity contribution in [1.29, 1.82) is 0 Å². The maximum Gasteiger partial charge on any atom is 0.293 e. The van der Waals surface area contributed by atoms with Gasteiger partial charge in [0.1, 0.15) is 5.58 Å². The molecule has 4 nitrogen and oxygen atoms in total. The highest BCUT2D eigenvalue weighted by molar-refractivity contribution is 7.22. The number of furan rings is 1. The third-order valence-corrected chi connectivity index (χ3v) is 4.40. The van der Waals surface area contributed by atoms with E-state index in [4.69, 9.17) is 16.0 Å². The standard InChI is InChI=1S/C16H9ClN2O2S/c17-10-5-6-12-9(7-10)8-13(21-12)15(20)19-16-18-11-3-1-2-4-14(11)22-16/h1-8H,(H,18,19,20). The van der Waals surface area contributed by atoms with Crippen LogP contribution in [0.25, 0.3) is 21.2 Å². The molecule has 0 unspecified atom stereocenters. The predicted molar refractivity (Wildman–Crippen MR) is 88.8 cm³/mol. The molecule has 0 aliphatic heterocycles. The third-order valence-electron chi connectivity index (χ3n) is 3.22. The fraction of sp³-hybridized carbons (Fsp3) is 0. The number of thiazole rings is 1. The van der Waals surface area contributed by atoms with Gasteiger partial charge in [0, 0.05) is 10.4 Å². The molecule has 1 N–H and O–H groups in total. The molecule has 0 radical (unpaired) electrons. The Hall–Kier alpha value is -2.37. The molecule has 2 heterocycles. The van der Waals surface area contributed by atoms with E-state index in [0.717, 1.165) is 15.6 Å². The molecule has 0 atom stereocenters. The van der Waals surface area contributed by atoms with Crippen molar-refractivity contribution in [3.8, 4) is 0 Å². The Morgan fingerprint density at radius 2 is 2.05 bits per heavy atom. The van der Waals surface area contributed by atoms with Gasteiger partial charge in [0.2, 0.25) is 0 Å². The normalized spacial score (nSPS) is 11.1. The van der Waals surface area contributed by atoms with Gasteiger partial charge in [-0.1, -0.05) is 35.1 Å². The highest BCUT2D eigenvalue weighted by Crippen LogP contribution is 2.27. The Labute approximate surface area is 134 Å². The molecule has 0 aliphatic rings. The quantitative estimate of drug-likeness (QED) is 0.566. The molecule has 2 aromatic heterocycles. The molecule has 1 amide bonds. The fourth-order valence-electron chi connectivity index (χ4n) is 2.21. The zero-order chi connectivity index (χ0) is 15.1. The number of hydrogen-bond acceptors (Lipinski definition) is 4. The first kappa shape index (κ1) is 13.3. The number of benzene rings is 2. The Bertz CT molecular complexity index is 973. The van der Waals surface area contributed by atoms with E-state index in [2.05, 4.69) is 10.3 Å². The van der Waals surface area contributed by atoms with Gasteiger partial charge in [0.15, 0.2) is 10.9 Å². The Balaban J connectivity index is 1.65. The van der Waals surface area contributed by atoms with Crippen LogP contribution in [0.1, 0.15) is 10.6 Å². The van der Waals surface area contributed by atoms with Crippen molar-refractivity contribution < 1.29 is 9.21 Å². The maximum absolute atomic E-state index is 12.3. The van der Waals surface area contributed by atoms with Crippen molar-refractivity contribution in [3.05, 3.63) is 59.3 Å². The highest BCUT2D eigenvalue weighted by Gasteiger charge is 2.14. The van der Waals surface area contributed by atoms with E-state index < -0.39 is 0 Å². The lowest BCUT2D eigenvalue weighted by molar-refractivity contribution is 0.0998. The number of hydrogen-bond donors (Lipinski definition) is 1. The van der Waals surface area contributed by atoms with Crippen LogP contribution in [0, 0.1) is 0 Å². The molecule has 108 valence electrons. The average Bonchev–Trinajstić information content (AvgIpc) is 3.09.